The van der Waals surface area contributed by atoms with Crippen molar-refractivity contribution in [1.82, 2.24) is 4.90 Å². The maximum Gasteiger partial charge on any atom is 0.291 e. The molecule has 4 aromatic rings. The van der Waals surface area contributed by atoms with Gasteiger partial charge in [0.25, 0.3) is 5.91 Å². The van der Waals surface area contributed by atoms with Crippen LogP contribution in [0.2, 0.25) is 0 Å². The lowest BCUT2D eigenvalue weighted by Crippen LogP contribution is -2.29. The highest BCUT2D eigenvalue weighted by molar-refractivity contribution is 5.99. The summed E-state index contributed by atoms with van der Waals surface area (Å²) in [6.07, 6.45) is 0.918. The van der Waals surface area contributed by atoms with Crippen LogP contribution in [0.3, 0.4) is 0 Å². The summed E-state index contributed by atoms with van der Waals surface area (Å²) < 4.78 is 23.4. The molecule has 1 atom stereocenters. The fourth-order valence-corrected chi connectivity index (χ4v) is 5.06. The van der Waals surface area contributed by atoms with Crippen molar-refractivity contribution in [3.8, 4) is 17.2 Å². The summed E-state index contributed by atoms with van der Waals surface area (Å²) in [7, 11) is 1.61. The average molecular weight is 542 g/mol. The molecule has 3 aromatic carbocycles. The molecule has 0 bridgehead atoms. The smallest absolute Gasteiger partial charge is 0.291 e. The molecule has 0 N–H and O–H groups in total. The summed E-state index contributed by atoms with van der Waals surface area (Å²) in [5.41, 5.74) is 3.13. The Balaban J connectivity index is 1.63. The molecule has 208 valence electrons. The molecule has 0 saturated carbocycles. The standard InChI is InChI=1S/C33H35NO6/c1-6-38-28-18-23(10-14-27(28)39-16-15-20(2)3)30-29-31(35)25-17-21(4)7-13-26(25)40-32(29)33(36)34(30)19-22-8-11-24(37-5)12-9-22/h7-14,17-18,20,30H,6,15-16,19H2,1-5H3. The van der Waals surface area contributed by atoms with Gasteiger partial charge in [0.1, 0.15) is 11.3 Å². The highest BCUT2D eigenvalue weighted by Crippen LogP contribution is 2.42. The number of aryl methyl sites for hydroxylation is 1. The maximum atomic E-state index is 14.0. The molecule has 0 saturated heterocycles. The lowest BCUT2D eigenvalue weighted by Gasteiger charge is -2.26. The van der Waals surface area contributed by atoms with Gasteiger partial charge in [0.05, 0.1) is 37.3 Å². The number of hydrogen-bond acceptors (Lipinski definition) is 6. The normalized spacial score (nSPS) is 14.6. The predicted octanol–water partition coefficient (Wildman–Crippen LogP) is 6.68. The van der Waals surface area contributed by atoms with Gasteiger partial charge >= 0.3 is 0 Å². The summed E-state index contributed by atoms with van der Waals surface area (Å²) in [5.74, 6) is 2.21. The molecule has 5 rings (SSSR count). The Morgan fingerprint density at radius 2 is 1.73 bits per heavy atom. The molecule has 1 aliphatic rings. The summed E-state index contributed by atoms with van der Waals surface area (Å²) >= 11 is 0. The number of rotatable bonds is 10. The van der Waals surface area contributed by atoms with E-state index >= 15 is 0 Å². The number of methoxy groups -OCH3 is 1. The zero-order valence-electron chi connectivity index (χ0n) is 23.7. The summed E-state index contributed by atoms with van der Waals surface area (Å²) in [6.45, 7) is 9.45. The van der Waals surface area contributed by atoms with Crippen LogP contribution in [0.4, 0.5) is 0 Å². The van der Waals surface area contributed by atoms with E-state index in [0.29, 0.717) is 47.2 Å². The van der Waals surface area contributed by atoms with E-state index in [1.54, 1.807) is 18.1 Å². The third-order valence-electron chi connectivity index (χ3n) is 7.17. The zero-order valence-corrected chi connectivity index (χ0v) is 23.7. The number of carbonyl (C=O) groups excluding carboxylic acids is 1. The van der Waals surface area contributed by atoms with Crippen molar-refractivity contribution < 1.29 is 23.4 Å². The molecule has 1 aliphatic heterocycles. The van der Waals surface area contributed by atoms with Gasteiger partial charge in [0, 0.05) is 6.54 Å². The first kappa shape index (κ1) is 27.3. The predicted molar refractivity (Wildman–Crippen MR) is 154 cm³/mol. The van der Waals surface area contributed by atoms with E-state index in [-0.39, 0.29) is 23.6 Å². The van der Waals surface area contributed by atoms with Crippen molar-refractivity contribution in [3.63, 3.8) is 0 Å². The molecule has 0 spiro atoms. The van der Waals surface area contributed by atoms with E-state index in [2.05, 4.69) is 13.8 Å². The van der Waals surface area contributed by atoms with Crippen LogP contribution < -0.4 is 19.6 Å². The number of benzene rings is 3. The molecule has 0 aliphatic carbocycles. The van der Waals surface area contributed by atoms with Crippen molar-refractivity contribution in [3.05, 3.63) is 98.9 Å². The molecule has 0 radical (unpaired) electrons. The molecule has 7 nitrogen and oxygen atoms in total. The Morgan fingerprint density at radius 3 is 2.42 bits per heavy atom. The fraction of sp³-hybridized carbons (Fsp3) is 0.333. The van der Waals surface area contributed by atoms with Gasteiger partial charge in [-0.05, 0) is 73.7 Å². The Kier molecular flexibility index (Phi) is 7.83. The highest BCUT2D eigenvalue weighted by Gasteiger charge is 2.43. The lowest BCUT2D eigenvalue weighted by molar-refractivity contribution is 0.0714. The van der Waals surface area contributed by atoms with Gasteiger partial charge in [0.2, 0.25) is 5.76 Å². The van der Waals surface area contributed by atoms with Gasteiger partial charge in [-0.1, -0.05) is 43.7 Å². The third-order valence-corrected chi connectivity index (χ3v) is 7.17. The summed E-state index contributed by atoms with van der Waals surface area (Å²) in [4.78, 5) is 29.5. The molecule has 2 heterocycles. The largest absolute Gasteiger partial charge is 0.497 e. The van der Waals surface area contributed by atoms with Crippen LogP contribution in [0.5, 0.6) is 17.2 Å². The highest BCUT2D eigenvalue weighted by atomic mass is 16.5. The summed E-state index contributed by atoms with van der Waals surface area (Å²) in [5, 5.41) is 0.460. The number of hydrogen-bond donors (Lipinski definition) is 0. The van der Waals surface area contributed by atoms with Crippen LogP contribution in [0.1, 0.15) is 66.0 Å². The second kappa shape index (κ2) is 11.5. The first-order valence-corrected chi connectivity index (χ1v) is 13.7. The van der Waals surface area contributed by atoms with Crippen molar-refractivity contribution in [2.24, 2.45) is 5.92 Å². The third kappa shape index (κ3) is 5.28. The minimum absolute atomic E-state index is 0.0788. The fourth-order valence-electron chi connectivity index (χ4n) is 5.06. The van der Waals surface area contributed by atoms with Gasteiger partial charge < -0.3 is 23.5 Å². The van der Waals surface area contributed by atoms with Crippen molar-refractivity contribution in [2.75, 3.05) is 20.3 Å². The van der Waals surface area contributed by atoms with E-state index in [0.717, 1.165) is 28.9 Å². The van der Waals surface area contributed by atoms with Gasteiger partial charge in [-0.25, -0.2) is 0 Å². The second-order valence-electron chi connectivity index (χ2n) is 10.5. The van der Waals surface area contributed by atoms with E-state index in [4.69, 9.17) is 18.6 Å². The minimum Gasteiger partial charge on any atom is -0.497 e. The van der Waals surface area contributed by atoms with Crippen LogP contribution in [0.15, 0.2) is 69.9 Å². The molecule has 40 heavy (non-hydrogen) atoms. The monoisotopic (exact) mass is 541 g/mol. The minimum atomic E-state index is -0.658. The number of nitrogens with zero attached hydrogens (tertiary/aromatic N) is 1. The Labute approximate surface area is 234 Å². The zero-order chi connectivity index (χ0) is 28.4. The molecule has 1 amide bonds. The molecule has 1 aromatic heterocycles. The Morgan fingerprint density at radius 1 is 0.950 bits per heavy atom. The van der Waals surface area contributed by atoms with Gasteiger partial charge in [-0.2, -0.15) is 0 Å². The average Bonchev–Trinajstić information content (AvgIpc) is 3.21. The molecule has 1 unspecified atom stereocenters. The van der Waals surface area contributed by atoms with Gasteiger partial charge in [-0.15, -0.1) is 0 Å². The van der Waals surface area contributed by atoms with Crippen LogP contribution in [-0.2, 0) is 6.54 Å². The number of fused-ring (bicyclic) bond motifs is 2. The van der Waals surface area contributed by atoms with Crippen molar-refractivity contribution in [2.45, 2.75) is 46.7 Å². The van der Waals surface area contributed by atoms with Gasteiger partial charge in [-0.3, -0.25) is 9.59 Å². The SMILES string of the molecule is CCOc1cc(C2c3c(oc4ccc(C)cc4c3=O)C(=O)N2Cc2ccc(OC)cc2)ccc1OCCC(C)C. The lowest BCUT2D eigenvalue weighted by atomic mass is 9.97. The van der Waals surface area contributed by atoms with Crippen LogP contribution in [-0.4, -0.2) is 31.1 Å². The molecular formula is C33H35NO6. The van der Waals surface area contributed by atoms with Crippen molar-refractivity contribution in [1.29, 1.82) is 0 Å². The number of amides is 1. The van der Waals surface area contributed by atoms with Crippen LogP contribution >= 0.6 is 0 Å². The van der Waals surface area contributed by atoms with E-state index in [1.807, 2.05) is 68.4 Å². The Hall–Kier alpha value is -4.26. The maximum absolute atomic E-state index is 14.0. The van der Waals surface area contributed by atoms with Crippen LogP contribution in [0.25, 0.3) is 11.0 Å². The topological polar surface area (TPSA) is 78.2 Å². The summed E-state index contributed by atoms with van der Waals surface area (Å²) in [6, 6.07) is 18.0. The van der Waals surface area contributed by atoms with E-state index in [9.17, 15) is 9.59 Å². The first-order chi connectivity index (χ1) is 19.3. The van der Waals surface area contributed by atoms with E-state index < -0.39 is 6.04 Å². The van der Waals surface area contributed by atoms with E-state index in [1.165, 1.54) is 0 Å². The van der Waals surface area contributed by atoms with Crippen molar-refractivity contribution >= 4 is 16.9 Å². The van der Waals surface area contributed by atoms with Gasteiger partial charge in [0.15, 0.2) is 16.9 Å². The Bertz CT molecular complexity index is 1590. The quantitative estimate of drug-likeness (QED) is 0.223. The number of ether oxygens (including phenoxy) is 3. The van der Waals surface area contributed by atoms with Crippen LogP contribution in [0, 0.1) is 12.8 Å². The second-order valence-corrected chi connectivity index (χ2v) is 10.5. The molecule has 7 heteroatoms. The molecule has 0 fully saturated rings. The molecular weight excluding hydrogens is 506 g/mol. The number of carbonyl (C=O) groups is 1. The first-order valence-electron chi connectivity index (χ1n) is 13.7.